The summed E-state index contributed by atoms with van der Waals surface area (Å²) in [5.41, 5.74) is 3.72. The molecule has 4 aromatic rings. The van der Waals surface area contributed by atoms with E-state index in [4.69, 9.17) is 9.47 Å². The normalized spacial score (nSPS) is 15.8. The number of nitrogens with zero attached hydrogens (tertiary/aromatic N) is 3. The van der Waals surface area contributed by atoms with Crippen molar-refractivity contribution in [1.29, 1.82) is 0 Å². The zero-order chi connectivity index (χ0) is 23.3. The van der Waals surface area contributed by atoms with Crippen LogP contribution in [0.3, 0.4) is 0 Å². The molecule has 0 spiro atoms. The first-order chi connectivity index (χ1) is 16.7. The lowest BCUT2D eigenvalue weighted by Gasteiger charge is -2.24. The molecule has 2 aromatic carbocycles. The van der Waals surface area contributed by atoms with Crippen molar-refractivity contribution in [2.24, 2.45) is 0 Å². The smallest absolute Gasteiger partial charge is 0.145 e. The van der Waals surface area contributed by atoms with Gasteiger partial charge in [0.05, 0.1) is 17.1 Å². The van der Waals surface area contributed by atoms with E-state index in [0.29, 0.717) is 24.2 Å². The Morgan fingerprint density at radius 2 is 1.94 bits per heavy atom. The highest BCUT2D eigenvalue weighted by molar-refractivity contribution is 5.95. The van der Waals surface area contributed by atoms with Crippen LogP contribution in [0.2, 0.25) is 0 Å². The van der Waals surface area contributed by atoms with Gasteiger partial charge in [-0.1, -0.05) is 12.5 Å². The minimum atomic E-state index is 0.379. The molecule has 1 aliphatic heterocycles. The topological polar surface area (TPSA) is 81.2 Å². The van der Waals surface area contributed by atoms with Gasteiger partial charge in [-0.25, -0.2) is 9.97 Å². The predicted octanol–water partition coefficient (Wildman–Crippen LogP) is 5.70. The van der Waals surface area contributed by atoms with Gasteiger partial charge in [0.15, 0.2) is 0 Å². The molecule has 2 aromatic heterocycles. The van der Waals surface area contributed by atoms with Crippen LogP contribution in [0.5, 0.6) is 17.2 Å². The van der Waals surface area contributed by atoms with Gasteiger partial charge in [0.1, 0.15) is 36.0 Å². The zero-order valence-electron chi connectivity index (χ0n) is 19.5. The molecule has 7 heteroatoms. The predicted molar refractivity (Wildman–Crippen MR) is 134 cm³/mol. The fourth-order valence-corrected chi connectivity index (χ4v) is 4.17. The number of pyridine rings is 1. The highest BCUT2D eigenvalue weighted by atomic mass is 16.5. The van der Waals surface area contributed by atoms with Crippen LogP contribution in [-0.4, -0.2) is 34.1 Å². The van der Waals surface area contributed by atoms with E-state index in [1.165, 1.54) is 12.8 Å². The molecule has 5 rings (SSSR count). The lowest BCUT2D eigenvalue weighted by molar-refractivity contribution is 0.241. The van der Waals surface area contributed by atoms with Gasteiger partial charge in [-0.15, -0.1) is 0 Å². The number of anilines is 2. The molecule has 7 nitrogen and oxygen atoms in total. The molecule has 174 valence electrons. The van der Waals surface area contributed by atoms with Gasteiger partial charge in [-0.3, -0.25) is 4.98 Å². The molecule has 0 aliphatic carbocycles. The molecule has 1 saturated heterocycles. The zero-order valence-corrected chi connectivity index (χ0v) is 19.5. The largest absolute Gasteiger partial charge is 0.491 e. The van der Waals surface area contributed by atoms with Crippen molar-refractivity contribution in [3.63, 3.8) is 0 Å². The third-order valence-electron chi connectivity index (χ3n) is 6.03. The molecule has 0 unspecified atom stereocenters. The van der Waals surface area contributed by atoms with E-state index in [9.17, 15) is 0 Å². The van der Waals surface area contributed by atoms with E-state index in [1.54, 1.807) is 12.5 Å². The fraction of sp³-hybridized carbons (Fsp3) is 0.296. The molecule has 1 atom stereocenters. The number of rotatable bonds is 7. The first kappa shape index (κ1) is 22.1. The number of ether oxygens (including phenoxy) is 2. The highest BCUT2D eigenvalue weighted by Crippen LogP contribution is 2.33. The van der Waals surface area contributed by atoms with Crippen molar-refractivity contribution < 1.29 is 9.47 Å². The Morgan fingerprint density at radius 3 is 2.74 bits per heavy atom. The summed E-state index contributed by atoms with van der Waals surface area (Å²) in [4.78, 5) is 13.3. The van der Waals surface area contributed by atoms with Crippen LogP contribution in [0, 0.1) is 13.8 Å². The van der Waals surface area contributed by atoms with Gasteiger partial charge >= 0.3 is 0 Å². The number of hydrogen-bond donors (Lipinski definition) is 2. The second-order valence-corrected chi connectivity index (χ2v) is 8.67. The van der Waals surface area contributed by atoms with Gasteiger partial charge in [-0.2, -0.15) is 0 Å². The maximum Gasteiger partial charge on any atom is 0.145 e. The number of nitrogens with one attached hydrogen (secondary N) is 2. The van der Waals surface area contributed by atoms with Crippen LogP contribution < -0.4 is 20.1 Å². The molecule has 1 aliphatic rings. The van der Waals surface area contributed by atoms with Crippen molar-refractivity contribution in [2.75, 3.05) is 18.5 Å². The number of hydrogen-bond acceptors (Lipinski definition) is 7. The Bertz CT molecular complexity index is 1260. The molecule has 1 fully saturated rings. The van der Waals surface area contributed by atoms with E-state index in [-0.39, 0.29) is 0 Å². The number of fused-ring (bicyclic) bond motifs is 1. The van der Waals surface area contributed by atoms with Crippen LogP contribution in [0.4, 0.5) is 11.5 Å². The molecule has 0 bridgehead atoms. The van der Waals surface area contributed by atoms with Crippen molar-refractivity contribution in [1.82, 2.24) is 20.3 Å². The van der Waals surface area contributed by atoms with Crippen LogP contribution in [0.15, 0.2) is 61.1 Å². The van der Waals surface area contributed by atoms with E-state index in [1.807, 2.05) is 62.4 Å². The molecule has 0 amide bonds. The van der Waals surface area contributed by atoms with Crippen LogP contribution in [-0.2, 0) is 0 Å². The standard InChI is InChI=1S/C27H29N5O2/c1-18-14-20(10-12-24(18)34-22-11-9-19(2)29-15-22)32-27-26-23(30-17-31-27)7-5-8-25(26)33-16-21-6-3-4-13-28-21/h5,7-12,14-15,17,21,28H,3-4,6,13,16H2,1-2H3,(H,30,31,32)/t21-/m1/s1. The fourth-order valence-electron chi connectivity index (χ4n) is 4.17. The molecule has 3 heterocycles. The summed E-state index contributed by atoms with van der Waals surface area (Å²) in [7, 11) is 0. The maximum atomic E-state index is 6.25. The van der Waals surface area contributed by atoms with Crippen molar-refractivity contribution in [3.8, 4) is 17.2 Å². The minimum absolute atomic E-state index is 0.379. The van der Waals surface area contributed by atoms with Gasteiger partial charge in [0.25, 0.3) is 0 Å². The third kappa shape index (κ3) is 5.10. The van der Waals surface area contributed by atoms with E-state index in [0.717, 1.165) is 52.3 Å². The molecular weight excluding hydrogens is 426 g/mol. The summed E-state index contributed by atoms with van der Waals surface area (Å²) in [6.45, 7) is 5.66. The second kappa shape index (κ2) is 10.1. The highest BCUT2D eigenvalue weighted by Gasteiger charge is 2.16. The molecule has 34 heavy (non-hydrogen) atoms. The van der Waals surface area contributed by atoms with Crippen LogP contribution in [0.25, 0.3) is 10.9 Å². The molecular formula is C27H29N5O2. The minimum Gasteiger partial charge on any atom is -0.491 e. The Hall–Kier alpha value is -3.71. The summed E-state index contributed by atoms with van der Waals surface area (Å²) in [5, 5.41) is 7.86. The van der Waals surface area contributed by atoms with Gasteiger partial charge in [-0.05, 0) is 81.3 Å². The summed E-state index contributed by atoms with van der Waals surface area (Å²) in [6, 6.07) is 16.1. The van der Waals surface area contributed by atoms with Gasteiger partial charge in [0, 0.05) is 17.4 Å². The monoisotopic (exact) mass is 455 g/mol. The third-order valence-corrected chi connectivity index (χ3v) is 6.03. The van der Waals surface area contributed by atoms with Gasteiger partial charge < -0.3 is 20.1 Å². The SMILES string of the molecule is Cc1ccc(Oc2ccc(Nc3ncnc4cccc(OC[C@H]5CCCCN5)c34)cc2C)cn1. The first-order valence-corrected chi connectivity index (χ1v) is 11.7. The average Bonchev–Trinajstić information content (AvgIpc) is 2.86. The molecule has 2 N–H and O–H groups in total. The lowest BCUT2D eigenvalue weighted by Crippen LogP contribution is -2.38. The van der Waals surface area contributed by atoms with Crippen molar-refractivity contribution in [2.45, 2.75) is 39.2 Å². The van der Waals surface area contributed by atoms with E-state index >= 15 is 0 Å². The Kier molecular flexibility index (Phi) is 6.53. The first-order valence-electron chi connectivity index (χ1n) is 11.7. The molecule has 0 radical (unpaired) electrons. The second-order valence-electron chi connectivity index (χ2n) is 8.67. The summed E-state index contributed by atoms with van der Waals surface area (Å²) >= 11 is 0. The number of aryl methyl sites for hydroxylation is 2. The number of piperidine rings is 1. The number of aromatic nitrogens is 3. The maximum absolute atomic E-state index is 6.25. The quantitative estimate of drug-likeness (QED) is 0.370. The van der Waals surface area contributed by atoms with E-state index in [2.05, 4.69) is 25.6 Å². The van der Waals surface area contributed by atoms with Crippen LogP contribution >= 0.6 is 0 Å². The van der Waals surface area contributed by atoms with Crippen molar-refractivity contribution >= 4 is 22.4 Å². The molecule has 0 saturated carbocycles. The number of benzene rings is 2. The Morgan fingerprint density at radius 1 is 1.00 bits per heavy atom. The van der Waals surface area contributed by atoms with E-state index < -0.39 is 0 Å². The van der Waals surface area contributed by atoms with Crippen LogP contribution in [0.1, 0.15) is 30.5 Å². The Balaban J connectivity index is 1.36. The lowest BCUT2D eigenvalue weighted by atomic mass is 10.1. The van der Waals surface area contributed by atoms with Gasteiger partial charge in [0.2, 0.25) is 0 Å². The summed E-state index contributed by atoms with van der Waals surface area (Å²) in [6.07, 6.45) is 6.92. The summed E-state index contributed by atoms with van der Waals surface area (Å²) in [5.74, 6) is 3.00. The van der Waals surface area contributed by atoms with Crippen molar-refractivity contribution in [3.05, 3.63) is 72.3 Å². The average molecular weight is 456 g/mol. The Labute approximate surface area is 199 Å². The summed E-state index contributed by atoms with van der Waals surface area (Å²) < 4.78 is 12.3.